The highest BCUT2D eigenvalue weighted by atomic mass is 32.2. The van der Waals surface area contributed by atoms with Gasteiger partial charge < -0.3 is 19.7 Å². The highest BCUT2D eigenvalue weighted by Gasteiger charge is 2.34. The van der Waals surface area contributed by atoms with E-state index in [1.165, 1.54) is 24.3 Å². The quantitative estimate of drug-likeness (QED) is 0.748. The molecule has 152 valence electrons. The Kier molecular flexibility index (Phi) is 4.89. The monoisotopic (exact) mass is 417 g/mol. The predicted octanol–water partition coefficient (Wildman–Crippen LogP) is 1.05. The third-order valence-corrected chi connectivity index (χ3v) is 5.78. The van der Waals surface area contributed by atoms with Gasteiger partial charge in [0, 0.05) is 25.2 Å². The van der Waals surface area contributed by atoms with E-state index in [2.05, 4.69) is 5.32 Å². The van der Waals surface area contributed by atoms with Crippen LogP contribution in [0.4, 0.5) is 5.69 Å². The van der Waals surface area contributed by atoms with Gasteiger partial charge in [-0.3, -0.25) is 9.59 Å². The van der Waals surface area contributed by atoms with Crippen LogP contribution in [0.25, 0.3) is 0 Å². The van der Waals surface area contributed by atoms with Crippen LogP contribution in [0.1, 0.15) is 12.0 Å². The van der Waals surface area contributed by atoms with Crippen molar-refractivity contribution < 1.29 is 27.5 Å². The number of hydrogen-bond acceptors (Lipinski definition) is 6. The molecule has 0 radical (unpaired) electrons. The lowest BCUT2D eigenvalue weighted by atomic mass is 10.1. The first-order valence-electron chi connectivity index (χ1n) is 8.89. The summed E-state index contributed by atoms with van der Waals surface area (Å²) >= 11 is 0. The number of benzene rings is 2. The number of amides is 2. The van der Waals surface area contributed by atoms with E-state index in [1.807, 2.05) is 12.1 Å². The number of fused-ring (bicyclic) bond motifs is 1. The van der Waals surface area contributed by atoms with E-state index in [1.54, 1.807) is 11.0 Å². The van der Waals surface area contributed by atoms with Gasteiger partial charge in [0.05, 0.1) is 10.8 Å². The van der Waals surface area contributed by atoms with Gasteiger partial charge in [-0.05, 0) is 42.0 Å². The minimum atomic E-state index is -3.79. The SMILES string of the molecule is NS(=O)(=O)c1ccc(NC(=O)C2CC(=O)N(Cc3ccc4c(c3)OCO4)C2)cc1. The van der Waals surface area contributed by atoms with Gasteiger partial charge in [-0.25, -0.2) is 13.6 Å². The van der Waals surface area contributed by atoms with E-state index in [4.69, 9.17) is 14.6 Å². The van der Waals surface area contributed by atoms with Crippen LogP contribution in [-0.2, 0) is 26.2 Å². The largest absolute Gasteiger partial charge is 0.454 e. The average molecular weight is 417 g/mol. The van der Waals surface area contributed by atoms with Crippen LogP contribution in [0.15, 0.2) is 47.4 Å². The minimum absolute atomic E-state index is 0.0403. The standard InChI is InChI=1S/C19H19N3O6S/c20-29(25,26)15-4-2-14(3-5-15)21-19(24)13-8-18(23)22(10-13)9-12-1-6-16-17(7-12)28-11-27-16/h1-7,13H,8-11H2,(H,21,24)(H2,20,25,26). The van der Waals surface area contributed by atoms with Crippen LogP contribution in [0.2, 0.25) is 0 Å². The fourth-order valence-electron chi connectivity index (χ4n) is 3.33. The Hall–Kier alpha value is -3.11. The fraction of sp³-hybridized carbons (Fsp3) is 0.263. The third kappa shape index (κ3) is 4.17. The Morgan fingerprint density at radius 2 is 1.86 bits per heavy atom. The predicted molar refractivity (Wildman–Crippen MR) is 103 cm³/mol. The molecule has 0 spiro atoms. The number of hydrogen-bond donors (Lipinski definition) is 2. The summed E-state index contributed by atoms with van der Waals surface area (Å²) < 4.78 is 33.2. The summed E-state index contributed by atoms with van der Waals surface area (Å²) in [5.74, 6) is 0.426. The third-order valence-electron chi connectivity index (χ3n) is 4.85. The Morgan fingerprint density at radius 1 is 1.14 bits per heavy atom. The number of nitrogens with zero attached hydrogens (tertiary/aromatic N) is 1. The van der Waals surface area contributed by atoms with Crippen molar-refractivity contribution in [2.45, 2.75) is 17.9 Å². The van der Waals surface area contributed by atoms with Crippen molar-refractivity contribution in [2.24, 2.45) is 11.1 Å². The number of rotatable bonds is 5. The number of carbonyl (C=O) groups excluding carboxylic acids is 2. The maximum atomic E-state index is 12.5. The zero-order valence-corrected chi connectivity index (χ0v) is 16.1. The number of anilines is 1. The van der Waals surface area contributed by atoms with Gasteiger partial charge in [0.2, 0.25) is 28.6 Å². The summed E-state index contributed by atoms with van der Waals surface area (Å²) in [6.07, 6.45) is 0.117. The topological polar surface area (TPSA) is 128 Å². The number of sulfonamides is 1. The second-order valence-corrected chi connectivity index (χ2v) is 8.48. The van der Waals surface area contributed by atoms with Crippen LogP contribution >= 0.6 is 0 Å². The first kappa shape index (κ1) is 19.2. The van der Waals surface area contributed by atoms with Crippen molar-refractivity contribution in [3.8, 4) is 11.5 Å². The molecule has 2 aromatic rings. The van der Waals surface area contributed by atoms with Gasteiger partial charge in [0.25, 0.3) is 0 Å². The van der Waals surface area contributed by atoms with Gasteiger partial charge in [-0.15, -0.1) is 0 Å². The van der Waals surface area contributed by atoms with Crippen molar-refractivity contribution in [3.63, 3.8) is 0 Å². The molecule has 0 aliphatic carbocycles. The van der Waals surface area contributed by atoms with Crippen molar-refractivity contribution in [2.75, 3.05) is 18.7 Å². The van der Waals surface area contributed by atoms with E-state index >= 15 is 0 Å². The number of likely N-dealkylation sites (tertiary alicyclic amines) is 1. The molecule has 2 heterocycles. The summed E-state index contributed by atoms with van der Waals surface area (Å²) in [7, 11) is -3.79. The van der Waals surface area contributed by atoms with Gasteiger partial charge in [-0.2, -0.15) is 0 Å². The van der Waals surface area contributed by atoms with Crippen molar-refractivity contribution >= 4 is 27.5 Å². The van der Waals surface area contributed by atoms with Gasteiger partial charge >= 0.3 is 0 Å². The molecule has 10 heteroatoms. The fourth-order valence-corrected chi connectivity index (χ4v) is 3.85. The molecule has 2 amide bonds. The molecule has 1 fully saturated rings. The maximum absolute atomic E-state index is 12.5. The van der Waals surface area contributed by atoms with Crippen LogP contribution in [-0.4, -0.2) is 38.5 Å². The highest BCUT2D eigenvalue weighted by Crippen LogP contribution is 2.33. The summed E-state index contributed by atoms with van der Waals surface area (Å²) in [6, 6.07) is 11.0. The maximum Gasteiger partial charge on any atom is 0.238 e. The molecule has 1 saturated heterocycles. The lowest BCUT2D eigenvalue weighted by Gasteiger charge is -2.17. The minimum Gasteiger partial charge on any atom is -0.454 e. The first-order valence-corrected chi connectivity index (χ1v) is 10.4. The number of ether oxygens (including phenoxy) is 2. The van der Waals surface area contributed by atoms with Crippen LogP contribution in [0.5, 0.6) is 11.5 Å². The van der Waals surface area contributed by atoms with Crippen molar-refractivity contribution in [3.05, 3.63) is 48.0 Å². The van der Waals surface area contributed by atoms with Crippen LogP contribution in [0.3, 0.4) is 0 Å². The molecule has 3 N–H and O–H groups in total. The van der Waals surface area contributed by atoms with E-state index in [0.29, 0.717) is 30.3 Å². The van der Waals surface area contributed by atoms with Crippen molar-refractivity contribution in [1.29, 1.82) is 0 Å². The molecule has 2 aliphatic heterocycles. The van der Waals surface area contributed by atoms with Gasteiger partial charge in [0.1, 0.15) is 0 Å². The lowest BCUT2D eigenvalue weighted by molar-refractivity contribution is -0.128. The van der Waals surface area contributed by atoms with E-state index in [9.17, 15) is 18.0 Å². The Morgan fingerprint density at radius 3 is 2.59 bits per heavy atom. The number of nitrogens with one attached hydrogen (secondary N) is 1. The molecule has 2 aromatic carbocycles. The molecule has 9 nitrogen and oxygen atoms in total. The van der Waals surface area contributed by atoms with E-state index in [0.717, 1.165) is 5.56 Å². The van der Waals surface area contributed by atoms with Gasteiger partial charge in [-0.1, -0.05) is 6.07 Å². The summed E-state index contributed by atoms with van der Waals surface area (Å²) in [4.78, 5) is 26.5. The normalized spacial score (nSPS) is 18.2. The van der Waals surface area contributed by atoms with E-state index in [-0.39, 0.29) is 29.9 Å². The Balaban J connectivity index is 1.37. The zero-order chi connectivity index (χ0) is 20.6. The molecule has 2 aliphatic rings. The molecule has 0 aromatic heterocycles. The second kappa shape index (κ2) is 7.37. The molecule has 0 saturated carbocycles. The molecule has 29 heavy (non-hydrogen) atoms. The summed E-state index contributed by atoms with van der Waals surface area (Å²) in [5, 5.41) is 7.77. The second-order valence-electron chi connectivity index (χ2n) is 6.92. The van der Waals surface area contributed by atoms with Crippen LogP contribution < -0.4 is 19.9 Å². The smallest absolute Gasteiger partial charge is 0.238 e. The number of nitrogens with two attached hydrogens (primary N) is 1. The summed E-state index contributed by atoms with van der Waals surface area (Å²) in [6.45, 7) is 0.860. The number of primary sulfonamides is 1. The molecule has 4 rings (SSSR count). The number of carbonyl (C=O) groups is 2. The van der Waals surface area contributed by atoms with Gasteiger partial charge in [0.15, 0.2) is 11.5 Å². The van der Waals surface area contributed by atoms with Crippen LogP contribution in [0, 0.1) is 5.92 Å². The molecular formula is C19H19N3O6S. The molecular weight excluding hydrogens is 398 g/mol. The Bertz CT molecular complexity index is 1070. The molecule has 1 unspecified atom stereocenters. The van der Waals surface area contributed by atoms with Crippen molar-refractivity contribution in [1.82, 2.24) is 4.90 Å². The molecule has 0 bridgehead atoms. The first-order chi connectivity index (χ1) is 13.8. The Labute approximate surface area is 167 Å². The summed E-state index contributed by atoms with van der Waals surface area (Å²) in [5.41, 5.74) is 1.33. The zero-order valence-electron chi connectivity index (χ0n) is 15.3. The average Bonchev–Trinajstić information content (AvgIpc) is 3.28. The highest BCUT2D eigenvalue weighted by molar-refractivity contribution is 7.89. The molecule has 1 atom stereocenters. The lowest BCUT2D eigenvalue weighted by Crippen LogP contribution is -2.28. The van der Waals surface area contributed by atoms with E-state index < -0.39 is 15.9 Å².